The van der Waals surface area contributed by atoms with Crippen molar-refractivity contribution in [3.63, 3.8) is 0 Å². The van der Waals surface area contributed by atoms with Gasteiger partial charge in [-0.05, 0) is 36.6 Å². The van der Waals surface area contributed by atoms with Crippen LogP contribution in [0.5, 0.6) is 5.75 Å². The molecule has 182 valence electrons. The van der Waals surface area contributed by atoms with Gasteiger partial charge in [-0.15, -0.1) is 0 Å². The van der Waals surface area contributed by atoms with Gasteiger partial charge in [0.1, 0.15) is 12.4 Å². The first kappa shape index (κ1) is 25.5. The molecule has 35 heavy (non-hydrogen) atoms. The molecule has 0 aliphatic heterocycles. The van der Waals surface area contributed by atoms with E-state index >= 15 is 0 Å². The van der Waals surface area contributed by atoms with E-state index in [-0.39, 0.29) is 0 Å². The maximum atomic E-state index is 7.04. The molecule has 2 aromatic carbocycles. The lowest BCUT2D eigenvalue weighted by Gasteiger charge is -2.10. The van der Waals surface area contributed by atoms with Crippen molar-refractivity contribution < 1.29 is 14.0 Å². The summed E-state index contributed by atoms with van der Waals surface area (Å²) in [4.78, 5) is 8.69. The Bertz CT molecular complexity index is 1140. The third-order valence-electron chi connectivity index (χ3n) is 4.81. The standard InChI is InChI=1S/C26H30N6O3/c1-28-24(18-29-11-7-6-10-27)21-14-22(16-23(15-21)34-13-12-33-2)26-31-25(35-32-26)19-30-17-20-8-4-3-5-9-20/h3-10,14-16,18,27,29-30H,1,11-13,17,19H2,2H3/b7-6-,24-18-,27-10?. The molecule has 0 radical (unpaired) electrons. The molecule has 1 aromatic heterocycles. The molecule has 0 bridgehead atoms. The predicted octanol–water partition coefficient (Wildman–Crippen LogP) is 3.85. The Morgan fingerprint density at radius 2 is 2.03 bits per heavy atom. The lowest BCUT2D eigenvalue weighted by Crippen LogP contribution is -2.12. The van der Waals surface area contributed by atoms with Crippen LogP contribution in [0.2, 0.25) is 0 Å². The number of ether oxygens (including phenoxy) is 2. The smallest absolute Gasteiger partial charge is 0.240 e. The SMILES string of the molecule is C=N/C(=C\NC/C=C\C=N)c1cc(OCCOC)cc(-c2noc(CNCc3ccccc3)n2)c1. The van der Waals surface area contributed by atoms with Crippen LogP contribution in [0.1, 0.15) is 17.0 Å². The van der Waals surface area contributed by atoms with E-state index in [1.54, 1.807) is 19.4 Å². The largest absolute Gasteiger partial charge is 0.491 e. The third kappa shape index (κ3) is 8.33. The normalized spacial score (nSPS) is 11.5. The van der Waals surface area contributed by atoms with E-state index in [4.69, 9.17) is 19.4 Å². The second kappa shape index (κ2) is 14.2. The molecule has 3 N–H and O–H groups in total. The molecular formula is C26H30N6O3. The Labute approximate surface area is 205 Å². The number of benzene rings is 2. The molecule has 0 saturated carbocycles. The molecule has 9 nitrogen and oxygen atoms in total. The van der Waals surface area contributed by atoms with Crippen molar-refractivity contribution in [2.75, 3.05) is 26.9 Å². The molecule has 3 aromatic rings. The van der Waals surface area contributed by atoms with Crippen LogP contribution in [0.3, 0.4) is 0 Å². The van der Waals surface area contributed by atoms with Crippen LogP contribution in [0.4, 0.5) is 0 Å². The highest BCUT2D eigenvalue weighted by Crippen LogP contribution is 2.28. The summed E-state index contributed by atoms with van der Waals surface area (Å²) in [5, 5.41) is 17.6. The van der Waals surface area contributed by atoms with Crippen molar-refractivity contribution >= 4 is 18.6 Å². The molecule has 0 fully saturated rings. The van der Waals surface area contributed by atoms with Crippen molar-refractivity contribution in [2.45, 2.75) is 13.1 Å². The number of rotatable bonds is 15. The highest BCUT2D eigenvalue weighted by atomic mass is 16.5. The van der Waals surface area contributed by atoms with Crippen molar-refractivity contribution in [2.24, 2.45) is 4.99 Å². The number of aromatic nitrogens is 2. The fourth-order valence-corrected chi connectivity index (χ4v) is 3.14. The second-order valence-corrected chi connectivity index (χ2v) is 7.38. The number of methoxy groups -OCH3 is 1. The number of nitrogens with one attached hydrogen (secondary N) is 3. The van der Waals surface area contributed by atoms with Crippen molar-refractivity contribution in [3.8, 4) is 17.1 Å². The summed E-state index contributed by atoms with van der Waals surface area (Å²) >= 11 is 0. The summed E-state index contributed by atoms with van der Waals surface area (Å²) in [5.74, 6) is 1.56. The van der Waals surface area contributed by atoms with Gasteiger partial charge in [0.15, 0.2) is 0 Å². The third-order valence-corrected chi connectivity index (χ3v) is 4.81. The van der Waals surface area contributed by atoms with Crippen LogP contribution >= 0.6 is 0 Å². The number of hydrogen-bond acceptors (Lipinski definition) is 9. The van der Waals surface area contributed by atoms with Gasteiger partial charge in [-0.2, -0.15) is 4.98 Å². The zero-order valence-corrected chi connectivity index (χ0v) is 19.7. The molecule has 0 atom stereocenters. The van der Waals surface area contributed by atoms with Crippen molar-refractivity contribution in [1.29, 1.82) is 5.41 Å². The first-order valence-electron chi connectivity index (χ1n) is 11.1. The monoisotopic (exact) mass is 474 g/mol. The minimum Gasteiger partial charge on any atom is -0.491 e. The zero-order chi connectivity index (χ0) is 24.7. The molecule has 1 heterocycles. The van der Waals surface area contributed by atoms with Gasteiger partial charge in [0, 0.05) is 43.7 Å². The van der Waals surface area contributed by atoms with Gasteiger partial charge < -0.3 is 30.0 Å². The van der Waals surface area contributed by atoms with E-state index in [1.165, 1.54) is 11.8 Å². The maximum absolute atomic E-state index is 7.04. The molecule has 0 spiro atoms. The average Bonchev–Trinajstić information content (AvgIpc) is 3.36. The van der Waals surface area contributed by atoms with Gasteiger partial charge in [-0.1, -0.05) is 41.6 Å². The van der Waals surface area contributed by atoms with Crippen LogP contribution in [-0.4, -0.2) is 49.9 Å². The molecule has 0 amide bonds. The predicted molar refractivity (Wildman–Crippen MR) is 138 cm³/mol. The van der Waals surface area contributed by atoms with Crippen LogP contribution in [0, 0.1) is 5.41 Å². The summed E-state index contributed by atoms with van der Waals surface area (Å²) in [5.41, 5.74) is 3.31. The molecule has 3 rings (SSSR count). The summed E-state index contributed by atoms with van der Waals surface area (Å²) in [7, 11) is 1.62. The van der Waals surface area contributed by atoms with E-state index in [0.717, 1.165) is 11.1 Å². The first-order valence-corrected chi connectivity index (χ1v) is 11.1. The van der Waals surface area contributed by atoms with Gasteiger partial charge >= 0.3 is 0 Å². The van der Waals surface area contributed by atoms with Gasteiger partial charge in [-0.25, -0.2) is 0 Å². The van der Waals surface area contributed by atoms with Crippen LogP contribution in [-0.2, 0) is 17.8 Å². The highest BCUT2D eigenvalue weighted by molar-refractivity contribution is 5.73. The molecule has 0 aliphatic carbocycles. The lowest BCUT2D eigenvalue weighted by atomic mass is 10.1. The number of aliphatic imine (C=N–C) groups is 1. The van der Waals surface area contributed by atoms with Gasteiger partial charge in [0.05, 0.1) is 18.8 Å². The molecule has 0 aliphatic rings. The van der Waals surface area contributed by atoms with Crippen molar-refractivity contribution in [3.05, 3.63) is 83.9 Å². The van der Waals surface area contributed by atoms with E-state index < -0.39 is 0 Å². The van der Waals surface area contributed by atoms with Crippen LogP contribution in [0.15, 0.2) is 76.4 Å². The maximum Gasteiger partial charge on any atom is 0.240 e. The summed E-state index contributed by atoms with van der Waals surface area (Å²) in [6, 6.07) is 15.7. The molecular weight excluding hydrogens is 444 g/mol. The topological polar surface area (TPSA) is 118 Å². The van der Waals surface area contributed by atoms with Gasteiger partial charge in [-0.3, -0.25) is 4.99 Å². The zero-order valence-electron chi connectivity index (χ0n) is 19.7. The first-order chi connectivity index (χ1) is 17.2. The minimum atomic E-state index is 0.396. The summed E-state index contributed by atoms with van der Waals surface area (Å²) < 4.78 is 16.4. The molecule has 0 unspecified atom stereocenters. The lowest BCUT2D eigenvalue weighted by molar-refractivity contribution is 0.146. The second-order valence-electron chi connectivity index (χ2n) is 7.38. The van der Waals surface area contributed by atoms with Crippen molar-refractivity contribution in [1.82, 2.24) is 20.8 Å². The van der Waals surface area contributed by atoms with Crippen LogP contribution < -0.4 is 15.4 Å². The minimum absolute atomic E-state index is 0.396. The van der Waals surface area contributed by atoms with Gasteiger partial charge in [0.2, 0.25) is 11.7 Å². The van der Waals surface area contributed by atoms with Crippen LogP contribution in [0.25, 0.3) is 17.1 Å². The fourth-order valence-electron chi connectivity index (χ4n) is 3.14. The fraction of sp³-hybridized carbons (Fsp3) is 0.231. The number of hydrogen-bond donors (Lipinski definition) is 3. The van der Waals surface area contributed by atoms with E-state index in [9.17, 15) is 0 Å². The average molecular weight is 475 g/mol. The Kier molecular flexibility index (Phi) is 10.4. The molecule has 9 heteroatoms. The highest BCUT2D eigenvalue weighted by Gasteiger charge is 2.13. The molecule has 0 saturated heterocycles. The summed E-state index contributed by atoms with van der Waals surface area (Å²) in [6.07, 6.45) is 6.45. The number of allylic oxidation sites excluding steroid dienone is 1. The summed E-state index contributed by atoms with van der Waals surface area (Å²) in [6.45, 7) is 6.25. The Balaban J connectivity index is 1.77. The van der Waals surface area contributed by atoms with E-state index in [1.807, 2.05) is 42.5 Å². The number of nitrogens with zero attached hydrogens (tertiary/aromatic N) is 3. The quantitative estimate of drug-likeness (QED) is 0.226. The van der Waals surface area contributed by atoms with E-state index in [0.29, 0.717) is 56.0 Å². The van der Waals surface area contributed by atoms with Gasteiger partial charge in [0.25, 0.3) is 0 Å². The Hall–Kier alpha value is -4.08. The Morgan fingerprint density at radius 1 is 1.17 bits per heavy atom. The Morgan fingerprint density at radius 3 is 2.80 bits per heavy atom. The van der Waals surface area contributed by atoms with E-state index in [2.05, 4.69) is 44.6 Å².